The first-order valence-corrected chi connectivity index (χ1v) is 8.91. The van der Waals surface area contributed by atoms with E-state index in [1.54, 1.807) is 0 Å². The number of carbonyl (C=O) groups excluding carboxylic acids is 2. The fraction of sp³-hybridized carbons (Fsp3) is 0.467. The van der Waals surface area contributed by atoms with Crippen molar-refractivity contribution in [1.29, 1.82) is 0 Å². The Labute approximate surface area is 140 Å². The maximum atomic E-state index is 13.1. The lowest BCUT2D eigenvalue weighted by Crippen LogP contribution is -2.45. The number of rotatable bonds is 9. The van der Waals surface area contributed by atoms with Gasteiger partial charge in [-0.3, -0.25) is 4.79 Å². The van der Waals surface area contributed by atoms with E-state index in [4.69, 9.17) is 0 Å². The largest absolute Gasteiger partial charge is 0.467 e. The van der Waals surface area contributed by atoms with Gasteiger partial charge in [-0.1, -0.05) is 25.8 Å². The molecule has 9 heteroatoms. The van der Waals surface area contributed by atoms with Gasteiger partial charge in [0.2, 0.25) is 15.9 Å². The molecule has 0 aromatic heterocycles. The number of benzene rings is 1. The molecule has 1 aromatic rings. The number of carbonyl (C=O) groups is 2. The van der Waals surface area contributed by atoms with E-state index in [-0.39, 0.29) is 4.90 Å². The van der Waals surface area contributed by atoms with Crippen molar-refractivity contribution in [3.8, 4) is 0 Å². The summed E-state index contributed by atoms with van der Waals surface area (Å²) in [6.07, 6.45) is 1.93. The van der Waals surface area contributed by atoms with Crippen LogP contribution in [0.4, 0.5) is 4.39 Å². The summed E-state index contributed by atoms with van der Waals surface area (Å²) in [5.41, 5.74) is 0. The Kier molecular flexibility index (Phi) is 7.80. The van der Waals surface area contributed by atoms with Crippen LogP contribution in [0.15, 0.2) is 29.2 Å². The molecular weight excluding hydrogens is 339 g/mol. The third-order valence-electron chi connectivity index (χ3n) is 3.20. The molecule has 7 nitrogen and oxygen atoms in total. The van der Waals surface area contributed by atoms with Crippen LogP contribution in [-0.4, -0.2) is 40.0 Å². The van der Waals surface area contributed by atoms with Crippen molar-refractivity contribution in [3.05, 3.63) is 30.1 Å². The summed E-state index contributed by atoms with van der Waals surface area (Å²) in [5.74, 6) is -1.97. The molecule has 1 rings (SSSR count). The molecule has 0 saturated heterocycles. The minimum atomic E-state index is -4.02. The highest BCUT2D eigenvalue weighted by Crippen LogP contribution is 2.10. The molecule has 1 amide bonds. The number of nitrogens with one attached hydrogen (secondary N) is 2. The van der Waals surface area contributed by atoms with Crippen LogP contribution in [0.2, 0.25) is 0 Å². The van der Waals surface area contributed by atoms with Crippen LogP contribution in [-0.2, 0) is 24.3 Å². The van der Waals surface area contributed by atoms with E-state index in [9.17, 15) is 22.4 Å². The van der Waals surface area contributed by atoms with E-state index in [0.29, 0.717) is 12.8 Å². The van der Waals surface area contributed by atoms with Crippen LogP contribution >= 0.6 is 0 Å². The first-order chi connectivity index (χ1) is 11.3. The highest BCUT2D eigenvalue weighted by molar-refractivity contribution is 7.89. The molecule has 0 aliphatic rings. The maximum Gasteiger partial charge on any atom is 0.328 e. The average molecular weight is 360 g/mol. The molecule has 0 heterocycles. The zero-order valence-electron chi connectivity index (χ0n) is 13.5. The molecule has 1 atom stereocenters. The Morgan fingerprint density at radius 1 is 1.33 bits per heavy atom. The molecule has 2 N–H and O–H groups in total. The van der Waals surface area contributed by atoms with Gasteiger partial charge >= 0.3 is 5.97 Å². The Hall–Kier alpha value is -2.00. The zero-order valence-corrected chi connectivity index (χ0v) is 14.4. The number of esters is 1. The summed E-state index contributed by atoms with van der Waals surface area (Å²) in [4.78, 5) is 23.2. The normalized spacial score (nSPS) is 12.5. The van der Waals surface area contributed by atoms with Crippen molar-refractivity contribution in [2.45, 2.75) is 37.1 Å². The van der Waals surface area contributed by atoms with E-state index < -0.39 is 40.3 Å². The van der Waals surface area contributed by atoms with Crippen molar-refractivity contribution in [1.82, 2.24) is 10.0 Å². The third kappa shape index (κ3) is 6.25. The number of unbranched alkanes of at least 4 members (excludes halogenated alkanes) is 1. The molecule has 24 heavy (non-hydrogen) atoms. The Morgan fingerprint density at radius 3 is 2.62 bits per heavy atom. The molecule has 0 radical (unpaired) electrons. The predicted octanol–water partition coefficient (Wildman–Crippen LogP) is 0.952. The zero-order chi connectivity index (χ0) is 18.2. The molecule has 1 unspecified atom stereocenters. The molecule has 0 fully saturated rings. The van der Waals surface area contributed by atoms with Gasteiger partial charge in [-0.15, -0.1) is 0 Å². The highest BCUT2D eigenvalue weighted by atomic mass is 32.2. The fourth-order valence-electron chi connectivity index (χ4n) is 1.92. The van der Waals surface area contributed by atoms with E-state index in [0.717, 1.165) is 18.6 Å². The second-order valence-electron chi connectivity index (χ2n) is 5.07. The van der Waals surface area contributed by atoms with Crippen LogP contribution in [0.1, 0.15) is 26.2 Å². The minimum Gasteiger partial charge on any atom is -0.467 e. The molecule has 0 aliphatic heterocycles. The van der Waals surface area contributed by atoms with Crippen LogP contribution in [0.5, 0.6) is 0 Å². The lowest BCUT2D eigenvalue weighted by molar-refractivity contribution is -0.145. The molecule has 0 aliphatic carbocycles. The number of hydrogen-bond acceptors (Lipinski definition) is 5. The standard InChI is InChI=1S/C15H21FN2O5S/c1-3-4-8-13(15(20)23-2)18-14(19)10-17-24(21,22)12-7-5-6-11(16)9-12/h5-7,9,13,17H,3-4,8,10H2,1-2H3,(H,18,19). The van der Waals surface area contributed by atoms with Crippen molar-refractivity contribution < 1.29 is 27.1 Å². The monoisotopic (exact) mass is 360 g/mol. The van der Waals surface area contributed by atoms with Gasteiger partial charge in [0.25, 0.3) is 0 Å². The van der Waals surface area contributed by atoms with Gasteiger partial charge in [0.15, 0.2) is 0 Å². The Bertz CT molecular complexity index is 678. The summed E-state index contributed by atoms with van der Waals surface area (Å²) < 4.78 is 43.7. The second kappa shape index (κ2) is 9.33. The van der Waals surface area contributed by atoms with Gasteiger partial charge in [0.05, 0.1) is 18.6 Å². The molecular formula is C15H21FN2O5S. The quantitative estimate of drug-likeness (QED) is 0.639. The van der Waals surface area contributed by atoms with E-state index in [2.05, 4.69) is 14.8 Å². The molecule has 0 spiro atoms. The second-order valence-corrected chi connectivity index (χ2v) is 6.83. The van der Waals surface area contributed by atoms with Crippen molar-refractivity contribution in [2.75, 3.05) is 13.7 Å². The summed E-state index contributed by atoms with van der Waals surface area (Å²) in [6, 6.07) is 3.59. The van der Waals surface area contributed by atoms with E-state index in [1.165, 1.54) is 19.2 Å². The number of ether oxygens (including phenoxy) is 1. The number of amides is 1. The first-order valence-electron chi connectivity index (χ1n) is 7.42. The summed E-state index contributed by atoms with van der Waals surface area (Å²) in [6.45, 7) is 1.36. The van der Waals surface area contributed by atoms with Gasteiger partial charge < -0.3 is 10.1 Å². The number of methoxy groups -OCH3 is 1. The summed E-state index contributed by atoms with van der Waals surface area (Å²) in [7, 11) is -2.81. The van der Waals surface area contributed by atoms with Crippen LogP contribution in [0, 0.1) is 5.82 Å². The molecule has 0 saturated carbocycles. The van der Waals surface area contributed by atoms with Gasteiger partial charge in [0.1, 0.15) is 11.9 Å². The lowest BCUT2D eigenvalue weighted by Gasteiger charge is -2.16. The van der Waals surface area contributed by atoms with Gasteiger partial charge in [0, 0.05) is 0 Å². The van der Waals surface area contributed by atoms with Crippen LogP contribution in [0.25, 0.3) is 0 Å². The molecule has 1 aromatic carbocycles. The van der Waals surface area contributed by atoms with Gasteiger partial charge in [-0.25, -0.2) is 22.3 Å². The van der Waals surface area contributed by atoms with Crippen molar-refractivity contribution in [3.63, 3.8) is 0 Å². The molecule has 134 valence electrons. The van der Waals surface area contributed by atoms with E-state index >= 15 is 0 Å². The molecule has 0 bridgehead atoms. The minimum absolute atomic E-state index is 0.286. The number of sulfonamides is 1. The average Bonchev–Trinajstić information content (AvgIpc) is 2.56. The summed E-state index contributed by atoms with van der Waals surface area (Å²) in [5, 5.41) is 2.42. The highest BCUT2D eigenvalue weighted by Gasteiger charge is 2.22. The van der Waals surface area contributed by atoms with E-state index in [1.807, 2.05) is 6.92 Å². The van der Waals surface area contributed by atoms with Gasteiger partial charge in [-0.2, -0.15) is 0 Å². The number of hydrogen-bond donors (Lipinski definition) is 2. The van der Waals surface area contributed by atoms with Crippen LogP contribution in [0.3, 0.4) is 0 Å². The van der Waals surface area contributed by atoms with Gasteiger partial charge in [-0.05, 0) is 24.6 Å². The fourth-order valence-corrected chi connectivity index (χ4v) is 2.94. The SMILES string of the molecule is CCCCC(NC(=O)CNS(=O)(=O)c1cccc(F)c1)C(=O)OC. The summed E-state index contributed by atoms with van der Waals surface area (Å²) >= 11 is 0. The van der Waals surface area contributed by atoms with Crippen molar-refractivity contribution >= 4 is 21.9 Å². The van der Waals surface area contributed by atoms with Crippen molar-refractivity contribution in [2.24, 2.45) is 0 Å². The predicted molar refractivity (Wildman–Crippen MR) is 85.1 cm³/mol. The maximum absolute atomic E-state index is 13.1. The first kappa shape index (κ1) is 20.0. The number of halogens is 1. The third-order valence-corrected chi connectivity index (χ3v) is 4.60. The topological polar surface area (TPSA) is 102 Å². The van der Waals surface area contributed by atoms with Crippen LogP contribution < -0.4 is 10.0 Å². The Morgan fingerprint density at radius 2 is 2.04 bits per heavy atom. The smallest absolute Gasteiger partial charge is 0.328 e. The lowest BCUT2D eigenvalue weighted by atomic mass is 10.1. The Balaban J connectivity index is 2.65.